The maximum atomic E-state index is 13.5. The Morgan fingerprint density at radius 1 is 0.731 bits per heavy atom. The molecule has 3 aliphatic rings. The molecule has 0 saturated carbocycles. The second kappa shape index (κ2) is 23.8. The predicted molar refractivity (Wildman–Crippen MR) is 228 cm³/mol. The minimum atomic E-state index is -4.73. The van der Waals surface area contributed by atoms with E-state index in [1.54, 1.807) is 30.3 Å². The molecule has 10 atom stereocenters. The quantitative estimate of drug-likeness (QED) is 0.0538. The molecule has 4 amide bonds. The van der Waals surface area contributed by atoms with E-state index in [9.17, 15) is 50.9 Å². The number of fused-ring (bicyclic) bond motifs is 1. The molecule has 3 heterocycles. The molecule has 3 aromatic rings. The second-order valence-electron chi connectivity index (χ2n) is 16.5. The summed E-state index contributed by atoms with van der Waals surface area (Å²) in [6, 6.07) is 12.8. The maximum absolute atomic E-state index is 13.5. The number of rotatable bonds is 18. The predicted octanol–water partition coefficient (Wildman–Crippen LogP) is 7.82. The number of benzene rings is 3. The smallest absolute Gasteiger partial charge is 0.416 e. The van der Waals surface area contributed by atoms with Gasteiger partial charge < -0.3 is 54.6 Å². The largest absolute Gasteiger partial charge is 0.440 e. The number of hydrogen-bond donors (Lipinski definition) is 6. The van der Waals surface area contributed by atoms with Gasteiger partial charge in [-0.3, -0.25) is 10.1 Å². The molecular weight excluding hydrogens is 899 g/mol. The number of aliphatic hydroxyl groups is 2. The lowest BCUT2D eigenvalue weighted by Crippen LogP contribution is -2.69. The fraction of sp³-hybridized carbons (Fsp3) is 0.543. The first kappa shape index (κ1) is 51.4. The SMILES string of the molecule is CCCCCCCCCCC(=O)N[C@H]1C(CO)OCC(NC(=O)Nc2cccc(C(F)(F)F)c2)[C@H]1O[C@@H]1OC2COC(c3ccccc3)O[C@@H]2[C@H](OC(=O)Nc2cccc(C(F)(F)F)c2)C1O. The highest BCUT2D eigenvalue weighted by Gasteiger charge is 2.54. The van der Waals surface area contributed by atoms with E-state index in [0.29, 0.717) is 18.1 Å². The molecule has 3 aromatic carbocycles. The van der Waals surface area contributed by atoms with Crippen LogP contribution in [0.5, 0.6) is 0 Å². The zero-order valence-electron chi connectivity index (χ0n) is 36.6. The standard InChI is InChI=1S/C46H56F6N4O11/c1-2-3-4-5-6-7-8-12-21-35(58)56-36-33(24-57)62-25-32(55-43(60)53-30-19-13-17-28(22-30)45(47,48)49)38(36)65-42-37(59)40(67-44(61)54-31-20-14-18-29(23-31)46(50,51)52)39-34(64-42)26-63-41(66-39)27-15-10-9-11-16-27/h9-11,13-20,22-23,32-34,36-42,57,59H,2-8,12,21,24-26H2,1H3,(H,54,61)(H,56,58)(H2,53,55,60)/t32?,33?,34?,36-,37?,38+,39-,40+,41?,42-/m0/s1. The summed E-state index contributed by atoms with van der Waals surface area (Å²) in [5.74, 6) is -0.459. The molecular formula is C46H56F6N4O11. The highest BCUT2D eigenvalue weighted by Crippen LogP contribution is 2.38. The van der Waals surface area contributed by atoms with Crippen LogP contribution in [-0.4, -0.2) is 103 Å². The zero-order chi connectivity index (χ0) is 48.1. The summed E-state index contributed by atoms with van der Waals surface area (Å²) in [5, 5.41) is 32.5. The summed E-state index contributed by atoms with van der Waals surface area (Å²) in [4.78, 5) is 40.4. The third-order valence-corrected chi connectivity index (χ3v) is 11.5. The van der Waals surface area contributed by atoms with E-state index < -0.39 is 109 Å². The average molecular weight is 955 g/mol. The van der Waals surface area contributed by atoms with Crippen molar-refractivity contribution in [3.63, 3.8) is 0 Å². The van der Waals surface area contributed by atoms with E-state index in [1.807, 2.05) is 0 Å². The van der Waals surface area contributed by atoms with Gasteiger partial charge in [0.15, 0.2) is 18.7 Å². The van der Waals surface area contributed by atoms with Crippen molar-refractivity contribution in [3.05, 3.63) is 95.6 Å². The van der Waals surface area contributed by atoms with E-state index in [2.05, 4.69) is 28.2 Å². The van der Waals surface area contributed by atoms with Crippen LogP contribution in [0.3, 0.4) is 0 Å². The molecule has 3 fully saturated rings. The van der Waals surface area contributed by atoms with Crippen molar-refractivity contribution in [1.29, 1.82) is 0 Å². The number of unbranched alkanes of at least 4 members (excludes halogenated alkanes) is 7. The third-order valence-electron chi connectivity index (χ3n) is 11.5. The molecule has 368 valence electrons. The summed E-state index contributed by atoms with van der Waals surface area (Å²) >= 11 is 0. The fourth-order valence-electron chi connectivity index (χ4n) is 8.11. The Balaban J connectivity index is 1.25. The van der Waals surface area contributed by atoms with Crippen molar-refractivity contribution in [2.75, 3.05) is 30.5 Å². The van der Waals surface area contributed by atoms with Gasteiger partial charge in [-0.1, -0.05) is 94.3 Å². The van der Waals surface area contributed by atoms with Crippen LogP contribution in [0.15, 0.2) is 78.9 Å². The Labute approximate surface area is 383 Å². The summed E-state index contributed by atoms with van der Waals surface area (Å²) in [5.41, 5.74) is -2.00. The number of aliphatic hydroxyl groups excluding tert-OH is 2. The van der Waals surface area contributed by atoms with Gasteiger partial charge in [0.2, 0.25) is 5.91 Å². The Morgan fingerprint density at radius 3 is 1.99 bits per heavy atom. The minimum absolute atomic E-state index is 0.0743. The van der Waals surface area contributed by atoms with Crippen LogP contribution < -0.4 is 21.3 Å². The van der Waals surface area contributed by atoms with Crippen LogP contribution in [0.1, 0.15) is 87.7 Å². The number of nitrogens with one attached hydrogen (secondary N) is 4. The number of amides is 4. The lowest BCUT2D eigenvalue weighted by atomic mass is 9.93. The number of halogens is 6. The molecule has 5 unspecified atom stereocenters. The molecule has 3 aliphatic heterocycles. The van der Waals surface area contributed by atoms with Crippen molar-refractivity contribution in [2.45, 2.75) is 138 Å². The highest BCUT2D eigenvalue weighted by molar-refractivity contribution is 5.89. The lowest BCUT2D eigenvalue weighted by Gasteiger charge is -2.49. The average Bonchev–Trinajstić information content (AvgIpc) is 3.29. The number of ether oxygens (including phenoxy) is 6. The Kier molecular flexibility index (Phi) is 18.3. The van der Waals surface area contributed by atoms with Crippen LogP contribution >= 0.6 is 0 Å². The van der Waals surface area contributed by atoms with E-state index in [0.717, 1.165) is 75.3 Å². The molecule has 0 aromatic heterocycles. The third kappa shape index (κ3) is 14.5. The number of hydrogen-bond acceptors (Lipinski definition) is 11. The molecule has 0 radical (unpaired) electrons. The number of anilines is 2. The molecule has 3 saturated heterocycles. The van der Waals surface area contributed by atoms with Crippen molar-refractivity contribution in [1.82, 2.24) is 10.6 Å². The van der Waals surface area contributed by atoms with Crippen LogP contribution in [0, 0.1) is 0 Å². The molecule has 6 rings (SSSR count). The van der Waals surface area contributed by atoms with Crippen molar-refractivity contribution in [2.24, 2.45) is 0 Å². The van der Waals surface area contributed by atoms with E-state index in [4.69, 9.17) is 28.4 Å². The number of carbonyl (C=O) groups is 3. The Morgan fingerprint density at radius 2 is 1.36 bits per heavy atom. The van der Waals surface area contributed by atoms with Gasteiger partial charge in [0.1, 0.15) is 30.5 Å². The Bertz CT molecular complexity index is 2070. The van der Waals surface area contributed by atoms with Crippen molar-refractivity contribution in [3.8, 4) is 0 Å². The summed E-state index contributed by atoms with van der Waals surface area (Å²) in [6.07, 6.45) is -14.3. The summed E-state index contributed by atoms with van der Waals surface area (Å²) in [7, 11) is 0. The maximum Gasteiger partial charge on any atom is 0.416 e. The Hall–Kier alpha value is -5.03. The molecule has 0 bridgehead atoms. The molecule has 67 heavy (non-hydrogen) atoms. The van der Waals surface area contributed by atoms with Crippen molar-refractivity contribution < 1.29 is 79.4 Å². The first-order chi connectivity index (χ1) is 32.0. The van der Waals surface area contributed by atoms with Gasteiger partial charge in [-0.15, -0.1) is 0 Å². The van der Waals surface area contributed by atoms with E-state index >= 15 is 0 Å². The molecule has 21 heteroatoms. The topological polar surface area (TPSA) is 195 Å². The fourth-order valence-corrected chi connectivity index (χ4v) is 8.11. The first-order valence-corrected chi connectivity index (χ1v) is 22.3. The molecule has 15 nitrogen and oxygen atoms in total. The molecule has 0 aliphatic carbocycles. The van der Waals surface area contributed by atoms with Gasteiger partial charge in [0, 0.05) is 23.4 Å². The van der Waals surface area contributed by atoms with Gasteiger partial charge in [0.25, 0.3) is 0 Å². The molecule has 0 spiro atoms. The monoisotopic (exact) mass is 954 g/mol. The normalized spacial score (nSPS) is 26.5. The van der Waals surface area contributed by atoms with Crippen LogP contribution in [0.4, 0.5) is 47.3 Å². The minimum Gasteiger partial charge on any atom is -0.440 e. The van der Waals surface area contributed by atoms with Crippen molar-refractivity contribution >= 4 is 29.4 Å². The van der Waals surface area contributed by atoms with Gasteiger partial charge in [-0.05, 0) is 42.8 Å². The van der Waals surface area contributed by atoms with Crippen LogP contribution in [-0.2, 0) is 45.6 Å². The second-order valence-corrected chi connectivity index (χ2v) is 16.5. The van der Waals surface area contributed by atoms with E-state index in [1.165, 1.54) is 12.1 Å². The summed E-state index contributed by atoms with van der Waals surface area (Å²) in [6.45, 7) is 0.868. The van der Waals surface area contributed by atoms with Gasteiger partial charge in [-0.25, -0.2) is 9.59 Å². The summed E-state index contributed by atoms with van der Waals surface area (Å²) < 4.78 is 117. The highest BCUT2D eigenvalue weighted by atomic mass is 19.4. The van der Waals surface area contributed by atoms with Gasteiger partial charge in [-0.2, -0.15) is 26.3 Å². The lowest BCUT2D eigenvalue weighted by molar-refractivity contribution is -0.369. The van der Waals surface area contributed by atoms with E-state index in [-0.39, 0.29) is 31.0 Å². The molecule has 6 N–H and O–H groups in total. The van der Waals surface area contributed by atoms with Crippen LogP contribution in [0.2, 0.25) is 0 Å². The number of urea groups is 1. The number of alkyl halides is 6. The van der Waals surface area contributed by atoms with Gasteiger partial charge >= 0.3 is 24.5 Å². The number of carbonyl (C=O) groups excluding carboxylic acids is 3. The zero-order valence-corrected chi connectivity index (χ0v) is 36.6. The first-order valence-electron chi connectivity index (χ1n) is 22.3. The van der Waals surface area contributed by atoms with Gasteiger partial charge in [0.05, 0.1) is 43.0 Å². The van der Waals surface area contributed by atoms with Crippen LogP contribution in [0.25, 0.3) is 0 Å².